The molecule has 0 aliphatic carbocycles. The average Bonchev–Trinajstić information content (AvgIpc) is 2.45. The Balaban J connectivity index is 2.45. The van der Waals surface area contributed by atoms with Gasteiger partial charge in [0.2, 0.25) is 0 Å². The van der Waals surface area contributed by atoms with Gasteiger partial charge in [-0.2, -0.15) is 0 Å². The zero-order valence-electron chi connectivity index (χ0n) is 11.9. The molecule has 2 aromatic rings. The van der Waals surface area contributed by atoms with Gasteiger partial charge in [-0.05, 0) is 22.0 Å². The normalized spacial score (nSPS) is 11.2. The summed E-state index contributed by atoms with van der Waals surface area (Å²) in [5.74, 6) is -0.814. The van der Waals surface area contributed by atoms with Crippen LogP contribution >= 0.6 is 0 Å². The maximum absolute atomic E-state index is 12.2. The number of nitro groups is 1. The van der Waals surface area contributed by atoms with Crippen LogP contribution in [-0.4, -0.2) is 28.4 Å². The predicted molar refractivity (Wildman–Crippen MR) is 72.1 cm³/mol. The smallest absolute Gasteiger partial charge is 0.496 e. The van der Waals surface area contributed by atoms with Crippen LogP contribution in [0.1, 0.15) is 5.69 Å². The lowest BCUT2D eigenvalue weighted by molar-refractivity contribution is -0.389. The Hall–Kier alpha value is -2.91. The molecule has 1 aromatic carbocycles. The Labute approximate surface area is 127 Å². The molecular weight excluding hydrogens is 319 g/mol. The van der Waals surface area contributed by atoms with Crippen molar-refractivity contribution in [3.8, 4) is 22.8 Å². The van der Waals surface area contributed by atoms with Crippen LogP contribution in [0.2, 0.25) is 0 Å². The first-order valence-corrected chi connectivity index (χ1v) is 6.13. The Morgan fingerprint density at radius 1 is 1.30 bits per heavy atom. The van der Waals surface area contributed by atoms with Gasteiger partial charge in [0.05, 0.1) is 7.11 Å². The molecule has 10 heteroatoms. The summed E-state index contributed by atoms with van der Waals surface area (Å²) in [6.07, 6.45) is -3.86. The number of ether oxygens (including phenoxy) is 2. The van der Waals surface area contributed by atoms with Gasteiger partial charge in [-0.15, -0.1) is 13.2 Å². The Kier molecular flexibility index (Phi) is 4.34. The molecule has 0 aliphatic heterocycles. The molecule has 0 radical (unpaired) electrons. The first-order valence-electron chi connectivity index (χ1n) is 6.13. The molecule has 0 aliphatic rings. The second-order valence-corrected chi connectivity index (χ2v) is 4.33. The number of nitrogens with zero attached hydrogens (tertiary/aromatic N) is 3. The van der Waals surface area contributed by atoms with Crippen molar-refractivity contribution < 1.29 is 27.6 Å². The van der Waals surface area contributed by atoms with Crippen LogP contribution in [0.25, 0.3) is 11.3 Å². The van der Waals surface area contributed by atoms with Crippen molar-refractivity contribution in [3.05, 3.63) is 40.2 Å². The van der Waals surface area contributed by atoms with Gasteiger partial charge >= 0.3 is 12.2 Å². The van der Waals surface area contributed by atoms with E-state index in [4.69, 9.17) is 4.74 Å². The lowest BCUT2D eigenvalue weighted by Gasteiger charge is -2.12. The molecule has 0 saturated carbocycles. The van der Waals surface area contributed by atoms with E-state index >= 15 is 0 Å². The van der Waals surface area contributed by atoms with E-state index in [1.165, 1.54) is 20.1 Å². The standard InChI is InChI=1S/C13H10F3N3O4/c1-7-12(17-6-11(18-7)19(20)21)9-4-3-8(5-10(9)22-2)23-13(14,15)16/h3-6H,1-2H3. The monoisotopic (exact) mass is 329 g/mol. The molecule has 122 valence electrons. The summed E-state index contributed by atoms with van der Waals surface area (Å²) in [5.41, 5.74) is 0.829. The van der Waals surface area contributed by atoms with Crippen LogP contribution < -0.4 is 9.47 Å². The van der Waals surface area contributed by atoms with E-state index < -0.39 is 22.9 Å². The van der Waals surface area contributed by atoms with Crippen LogP contribution in [0.5, 0.6) is 11.5 Å². The lowest BCUT2D eigenvalue weighted by Crippen LogP contribution is -2.17. The fourth-order valence-electron chi connectivity index (χ4n) is 1.89. The van der Waals surface area contributed by atoms with Crippen molar-refractivity contribution in [1.82, 2.24) is 9.97 Å². The molecule has 23 heavy (non-hydrogen) atoms. The molecule has 7 nitrogen and oxygen atoms in total. The molecule has 0 N–H and O–H groups in total. The van der Waals surface area contributed by atoms with E-state index in [2.05, 4.69) is 14.7 Å². The highest BCUT2D eigenvalue weighted by molar-refractivity contribution is 5.70. The molecule has 0 bridgehead atoms. The van der Waals surface area contributed by atoms with E-state index in [-0.39, 0.29) is 17.1 Å². The number of benzene rings is 1. The summed E-state index contributed by atoms with van der Waals surface area (Å²) < 4.78 is 45.6. The summed E-state index contributed by atoms with van der Waals surface area (Å²) in [6.45, 7) is 1.49. The highest BCUT2D eigenvalue weighted by Gasteiger charge is 2.31. The lowest BCUT2D eigenvalue weighted by atomic mass is 10.1. The number of aromatic nitrogens is 2. The fraction of sp³-hybridized carbons (Fsp3) is 0.231. The van der Waals surface area contributed by atoms with Gasteiger partial charge in [-0.1, -0.05) is 0 Å². The van der Waals surface area contributed by atoms with E-state index in [0.717, 1.165) is 18.3 Å². The van der Waals surface area contributed by atoms with E-state index in [9.17, 15) is 23.3 Å². The van der Waals surface area contributed by atoms with Gasteiger partial charge in [-0.3, -0.25) is 0 Å². The first-order chi connectivity index (χ1) is 10.7. The number of methoxy groups -OCH3 is 1. The quantitative estimate of drug-likeness (QED) is 0.632. The minimum Gasteiger partial charge on any atom is -0.496 e. The minimum absolute atomic E-state index is 0.0676. The maximum Gasteiger partial charge on any atom is 0.573 e. The van der Waals surface area contributed by atoms with Crippen LogP contribution in [0.3, 0.4) is 0 Å². The Morgan fingerprint density at radius 2 is 2.00 bits per heavy atom. The number of halogens is 3. The first kappa shape index (κ1) is 16.5. The maximum atomic E-state index is 12.2. The van der Waals surface area contributed by atoms with Crippen molar-refractivity contribution in [2.75, 3.05) is 7.11 Å². The topological polar surface area (TPSA) is 87.4 Å². The molecular formula is C13H10F3N3O4. The molecule has 1 aromatic heterocycles. The number of aryl methyl sites for hydroxylation is 1. The molecule has 0 fully saturated rings. The number of hydrogen-bond donors (Lipinski definition) is 0. The Morgan fingerprint density at radius 3 is 2.52 bits per heavy atom. The van der Waals surface area contributed by atoms with E-state index in [1.807, 2.05) is 0 Å². The van der Waals surface area contributed by atoms with Crippen molar-refractivity contribution in [2.45, 2.75) is 13.3 Å². The fourth-order valence-corrected chi connectivity index (χ4v) is 1.89. The molecule has 0 unspecified atom stereocenters. The second kappa shape index (κ2) is 6.07. The van der Waals surface area contributed by atoms with Gasteiger partial charge in [0.1, 0.15) is 23.4 Å². The zero-order chi connectivity index (χ0) is 17.2. The largest absolute Gasteiger partial charge is 0.573 e. The highest BCUT2D eigenvalue weighted by Crippen LogP contribution is 2.35. The second-order valence-electron chi connectivity index (χ2n) is 4.33. The van der Waals surface area contributed by atoms with Crippen LogP contribution in [0.15, 0.2) is 24.4 Å². The van der Waals surface area contributed by atoms with Crippen LogP contribution in [-0.2, 0) is 0 Å². The van der Waals surface area contributed by atoms with Gasteiger partial charge in [0.25, 0.3) is 0 Å². The third kappa shape index (κ3) is 3.84. The molecule has 0 spiro atoms. The molecule has 0 amide bonds. The van der Waals surface area contributed by atoms with Crippen molar-refractivity contribution in [3.63, 3.8) is 0 Å². The van der Waals surface area contributed by atoms with E-state index in [1.54, 1.807) is 0 Å². The third-order valence-electron chi connectivity index (χ3n) is 2.78. The summed E-state index contributed by atoms with van der Waals surface area (Å²) in [6, 6.07) is 3.45. The summed E-state index contributed by atoms with van der Waals surface area (Å²) in [5, 5.41) is 10.7. The predicted octanol–water partition coefficient (Wildman–Crippen LogP) is 3.27. The highest BCUT2D eigenvalue weighted by atomic mass is 19.4. The molecule has 0 saturated heterocycles. The minimum atomic E-state index is -4.82. The number of alkyl halides is 3. The summed E-state index contributed by atoms with van der Waals surface area (Å²) in [4.78, 5) is 17.7. The average molecular weight is 329 g/mol. The Bertz CT molecular complexity index is 750. The van der Waals surface area contributed by atoms with Crippen molar-refractivity contribution in [1.29, 1.82) is 0 Å². The number of hydrogen-bond acceptors (Lipinski definition) is 6. The molecule has 2 rings (SSSR count). The summed E-state index contributed by atoms with van der Waals surface area (Å²) in [7, 11) is 1.27. The van der Waals surface area contributed by atoms with Crippen LogP contribution in [0.4, 0.5) is 19.0 Å². The SMILES string of the molecule is COc1cc(OC(F)(F)F)ccc1-c1ncc([N+](=O)[O-])nc1C. The van der Waals surface area contributed by atoms with Crippen molar-refractivity contribution >= 4 is 5.82 Å². The van der Waals surface area contributed by atoms with Gasteiger partial charge in [0.15, 0.2) is 5.69 Å². The third-order valence-corrected chi connectivity index (χ3v) is 2.78. The molecule has 1 heterocycles. The number of rotatable bonds is 4. The van der Waals surface area contributed by atoms with Crippen molar-refractivity contribution in [2.24, 2.45) is 0 Å². The zero-order valence-corrected chi connectivity index (χ0v) is 11.9. The van der Waals surface area contributed by atoms with E-state index in [0.29, 0.717) is 5.56 Å². The van der Waals surface area contributed by atoms with Crippen LogP contribution in [0, 0.1) is 17.0 Å². The summed E-state index contributed by atoms with van der Waals surface area (Å²) >= 11 is 0. The van der Waals surface area contributed by atoms with Gasteiger partial charge in [-0.25, -0.2) is 4.98 Å². The molecule has 0 atom stereocenters. The van der Waals surface area contributed by atoms with Gasteiger partial charge in [0, 0.05) is 18.6 Å². The van der Waals surface area contributed by atoms with Gasteiger partial charge < -0.3 is 19.6 Å².